The standard InChI is InChI=1S/C12H17ClN4/c13-12-8-14-10(7-15-12)9-16-3-5-17(6-4-16)11-1-2-11/h7-8,11H,1-6,9H2. The maximum atomic E-state index is 5.72. The average molecular weight is 253 g/mol. The van der Waals surface area contributed by atoms with Crippen LogP contribution in [0.4, 0.5) is 0 Å². The first kappa shape index (κ1) is 11.4. The van der Waals surface area contributed by atoms with Crippen molar-refractivity contribution in [1.82, 2.24) is 19.8 Å². The van der Waals surface area contributed by atoms with Gasteiger partial charge in [-0.15, -0.1) is 0 Å². The summed E-state index contributed by atoms with van der Waals surface area (Å²) in [6.45, 7) is 5.57. The van der Waals surface area contributed by atoms with Gasteiger partial charge in [-0.05, 0) is 12.8 Å². The van der Waals surface area contributed by atoms with Crippen LogP contribution < -0.4 is 0 Å². The Morgan fingerprint density at radius 3 is 2.47 bits per heavy atom. The molecular weight excluding hydrogens is 236 g/mol. The third-order valence-corrected chi connectivity index (χ3v) is 3.72. The minimum Gasteiger partial charge on any atom is -0.298 e. The Kier molecular flexibility index (Phi) is 3.27. The SMILES string of the molecule is Clc1cnc(CN2CCN(C3CC3)CC2)cn1. The van der Waals surface area contributed by atoms with Gasteiger partial charge in [0, 0.05) is 38.8 Å². The topological polar surface area (TPSA) is 32.3 Å². The lowest BCUT2D eigenvalue weighted by atomic mass is 10.3. The molecule has 1 aromatic rings. The molecule has 2 fully saturated rings. The van der Waals surface area contributed by atoms with Crippen LogP contribution in [0.25, 0.3) is 0 Å². The quantitative estimate of drug-likeness (QED) is 0.814. The van der Waals surface area contributed by atoms with Crippen LogP contribution in [-0.4, -0.2) is 52.0 Å². The second-order valence-corrected chi connectivity index (χ2v) is 5.26. The van der Waals surface area contributed by atoms with E-state index in [0.717, 1.165) is 31.4 Å². The van der Waals surface area contributed by atoms with Crippen LogP contribution in [0.3, 0.4) is 0 Å². The van der Waals surface area contributed by atoms with Gasteiger partial charge in [0.05, 0.1) is 18.1 Å². The summed E-state index contributed by atoms with van der Waals surface area (Å²) in [5.41, 5.74) is 1.01. The molecule has 0 unspecified atom stereocenters. The zero-order valence-corrected chi connectivity index (χ0v) is 10.6. The molecule has 0 radical (unpaired) electrons. The maximum Gasteiger partial charge on any atom is 0.147 e. The Morgan fingerprint density at radius 1 is 1.12 bits per heavy atom. The summed E-state index contributed by atoms with van der Waals surface area (Å²) in [6.07, 6.45) is 6.21. The van der Waals surface area contributed by atoms with E-state index < -0.39 is 0 Å². The monoisotopic (exact) mass is 252 g/mol. The molecule has 17 heavy (non-hydrogen) atoms. The van der Waals surface area contributed by atoms with Crippen molar-refractivity contribution >= 4 is 11.6 Å². The normalized spacial score (nSPS) is 22.9. The van der Waals surface area contributed by atoms with Crippen LogP contribution in [0.15, 0.2) is 12.4 Å². The average Bonchev–Trinajstić information content (AvgIpc) is 3.17. The summed E-state index contributed by atoms with van der Waals surface area (Å²) in [6, 6.07) is 0.896. The Morgan fingerprint density at radius 2 is 1.88 bits per heavy atom. The minimum absolute atomic E-state index is 0.465. The predicted molar refractivity (Wildman–Crippen MR) is 66.9 cm³/mol. The molecule has 0 spiro atoms. The van der Waals surface area contributed by atoms with Crippen LogP contribution in [0, 0.1) is 0 Å². The number of halogens is 1. The van der Waals surface area contributed by atoms with Gasteiger partial charge < -0.3 is 0 Å². The van der Waals surface area contributed by atoms with E-state index in [1.807, 2.05) is 0 Å². The smallest absolute Gasteiger partial charge is 0.147 e. The Hall–Kier alpha value is -0.710. The number of hydrogen-bond acceptors (Lipinski definition) is 4. The molecule has 1 aliphatic carbocycles. The molecule has 3 rings (SSSR count). The highest BCUT2D eigenvalue weighted by Crippen LogP contribution is 2.27. The number of nitrogens with zero attached hydrogens (tertiary/aromatic N) is 4. The molecule has 0 amide bonds. The van der Waals surface area contributed by atoms with Crippen LogP contribution in [-0.2, 0) is 6.54 Å². The van der Waals surface area contributed by atoms with E-state index in [-0.39, 0.29) is 0 Å². The molecule has 5 heteroatoms. The van der Waals surface area contributed by atoms with E-state index in [1.165, 1.54) is 25.9 Å². The first-order valence-corrected chi connectivity index (χ1v) is 6.62. The molecule has 1 aromatic heterocycles. The Bertz CT molecular complexity index is 369. The van der Waals surface area contributed by atoms with E-state index in [0.29, 0.717) is 5.15 Å². The van der Waals surface area contributed by atoms with Crippen molar-refractivity contribution in [2.45, 2.75) is 25.4 Å². The van der Waals surface area contributed by atoms with E-state index >= 15 is 0 Å². The summed E-state index contributed by atoms with van der Waals surface area (Å²) in [5.74, 6) is 0. The first-order chi connectivity index (χ1) is 8.31. The van der Waals surface area contributed by atoms with Crippen molar-refractivity contribution in [1.29, 1.82) is 0 Å². The summed E-state index contributed by atoms with van der Waals surface area (Å²) in [7, 11) is 0. The van der Waals surface area contributed by atoms with Gasteiger partial charge in [0.2, 0.25) is 0 Å². The summed E-state index contributed by atoms with van der Waals surface area (Å²) >= 11 is 5.72. The lowest BCUT2D eigenvalue weighted by Gasteiger charge is -2.34. The van der Waals surface area contributed by atoms with Gasteiger partial charge in [0.1, 0.15) is 5.15 Å². The second kappa shape index (κ2) is 4.88. The van der Waals surface area contributed by atoms with Crippen molar-refractivity contribution in [3.05, 3.63) is 23.2 Å². The largest absolute Gasteiger partial charge is 0.298 e. The number of rotatable bonds is 3. The molecule has 92 valence electrons. The van der Waals surface area contributed by atoms with Gasteiger partial charge in [-0.3, -0.25) is 14.8 Å². The van der Waals surface area contributed by atoms with Crippen molar-refractivity contribution in [3.8, 4) is 0 Å². The van der Waals surface area contributed by atoms with Crippen molar-refractivity contribution in [2.24, 2.45) is 0 Å². The van der Waals surface area contributed by atoms with Gasteiger partial charge in [0.25, 0.3) is 0 Å². The predicted octanol–water partition coefficient (Wildman–Crippen LogP) is 1.41. The fourth-order valence-corrected chi connectivity index (χ4v) is 2.47. The molecule has 2 aliphatic rings. The first-order valence-electron chi connectivity index (χ1n) is 6.24. The van der Waals surface area contributed by atoms with Crippen molar-refractivity contribution in [2.75, 3.05) is 26.2 Å². The molecule has 4 nitrogen and oxygen atoms in total. The summed E-state index contributed by atoms with van der Waals surface area (Å²) in [4.78, 5) is 13.4. The highest BCUT2D eigenvalue weighted by molar-refractivity contribution is 6.29. The molecule has 0 aromatic carbocycles. The van der Waals surface area contributed by atoms with Crippen molar-refractivity contribution in [3.63, 3.8) is 0 Å². The van der Waals surface area contributed by atoms with Gasteiger partial charge in [-0.1, -0.05) is 11.6 Å². The Balaban J connectivity index is 1.51. The van der Waals surface area contributed by atoms with Gasteiger partial charge in [-0.25, -0.2) is 4.98 Å². The molecule has 1 aliphatic heterocycles. The van der Waals surface area contributed by atoms with E-state index in [2.05, 4.69) is 19.8 Å². The summed E-state index contributed by atoms with van der Waals surface area (Å²) < 4.78 is 0. The van der Waals surface area contributed by atoms with Gasteiger partial charge >= 0.3 is 0 Å². The molecule has 0 bridgehead atoms. The molecule has 0 N–H and O–H groups in total. The molecular formula is C12H17ClN4. The second-order valence-electron chi connectivity index (χ2n) is 4.87. The van der Waals surface area contributed by atoms with Gasteiger partial charge in [-0.2, -0.15) is 0 Å². The maximum absolute atomic E-state index is 5.72. The fourth-order valence-electron chi connectivity index (χ4n) is 2.38. The van der Waals surface area contributed by atoms with Crippen LogP contribution in [0.2, 0.25) is 5.15 Å². The fraction of sp³-hybridized carbons (Fsp3) is 0.667. The van der Waals surface area contributed by atoms with E-state index in [4.69, 9.17) is 11.6 Å². The number of hydrogen-bond donors (Lipinski definition) is 0. The minimum atomic E-state index is 0.465. The van der Waals surface area contributed by atoms with Crippen LogP contribution in [0.5, 0.6) is 0 Å². The van der Waals surface area contributed by atoms with Crippen LogP contribution >= 0.6 is 11.6 Å². The van der Waals surface area contributed by atoms with E-state index in [9.17, 15) is 0 Å². The lowest BCUT2D eigenvalue weighted by molar-refractivity contribution is 0.120. The zero-order valence-electron chi connectivity index (χ0n) is 9.85. The molecule has 0 atom stereocenters. The third-order valence-electron chi connectivity index (χ3n) is 3.53. The third kappa shape index (κ3) is 2.94. The van der Waals surface area contributed by atoms with Crippen LogP contribution in [0.1, 0.15) is 18.5 Å². The van der Waals surface area contributed by atoms with E-state index in [1.54, 1.807) is 12.4 Å². The number of piperazine rings is 1. The summed E-state index contributed by atoms with van der Waals surface area (Å²) in [5, 5.41) is 0.465. The molecule has 2 heterocycles. The number of aromatic nitrogens is 2. The Labute approximate surface area is 107 Å². The van der Waals surface area contributed by atoms with Gasteiger partial charge in [0.15, 0.2) is 0 Å². The molecule has 1 saturated carbocycles. The molecule has 1 saturated heterocycles. The zero-order chi connectivity index (χ0) is 11.7. The van der Waals surface area contributed by atoms with Crippen molar-refractivity contribution < 1.29 is 0 Å². The highest BCUT2D eigenvalue weighted by Gasteiger charge is 2.31. The lowest BCUT2D eigenvalue weighted by Crippen LogP contribution is -2.46. The highest BCUT2D eigenvalue weighted by atomic mass is 35.5.